The monoisotopic (exact) mass is 208 g/mol. The molecule has 1 N–H and O–H groups in total. The zero-order valence-corrected chi connectivity index (χ0v) is 9.31. The van der Waals surface area contributed by atoms with Crippen molar-refractivity contribution < 1.29 is 0 Å². The molecule has 0 saturated carbocycles. The largest absolute Gasteiger partial charge is 0.380 e. The fourth-order valence-electron chi connectivity index (χ4n) is 1.69. The van der Waals surface area contributed by atoms with Crippen molar-refractivity contribution in [3.8, 4) is 0 Å². The van der Waals surface area contributed by atoms with Crippen LogP contribution in [0.2, 0.25) is 0 Å². The molecule has 1 saturated heterocycles. The molecule has 0 unspecified atom stereocenters. The maximum Gasteiger partial charge on any atom is 0.0558 e. The van der Waals surface area contributed by atoms with Crippen LogP contribution in [0.5, 0.6) is 0 Å². The SMILES string of the molecule is Cc1ccncc1N[C@@H]1CCCSC1. The number of nitrogens with one attached hydrogen (secondary N) is 1. The number of hydrogen-bond acceptors (Lipinski definition) is 3. The smallest absolute Gasteiger partial charge is 0.0558 e. The second-order valence-corrected chi connectivity index (χ2v) is 4.90. The second-order valence-electron chi connectivity index (χ2n) is 3.75. The first-order valence-corrected chi connectivity index (χ1v) is 6.26. The molecule has 2 nitrogen and oxygen atoms in total. The summed E-state index contributed by atoms with van der Waals surface area (Å²) in [4.78, 5) is 4.14. The summed E-state index contributed by atoms with van der Waals surface area (Å²) < 4.78 is 0. The summed E-state index contributed by atoms with van der Waals surface area (Å²) in [5.41, 5.74) is 2.48. The van der Waals surface area contributed by atoms with Crippen LogP contribution >= 0.6 is 11.8 Å². The van der Waals surface area contributed by atoms with Crippen LogP contribution in [0.3, 0.4) is 0 Å². The van der Waals surface area contributed by atoms with Crippen LogP contribution < -0.4 is 5.32 Å². The Morgan fingerprint density at radius 2 is 2.50 bits per heavy atom. The van der Waals surface area contributed by atoms with Crippen molar-refractivity contribution in [2.75, 3.05) is 16.8 Å². The molecule has 1 aromatic heterocycles. The number of hydrogen-bond donors (Lipinski definition) is 1. The van der Waals surface area contributed by atoms with Crippen molar-refractivity contribution in [3.63, 3.8) is 0 Å². The number of thioether (sulfide) groups is 1. The predicted octanol–water partition coefficient (Wildman–Crippen LogP) is 2.70. The van der Waals surface area contributed by atoms with Gasteiger partial charge in [0.15, 0.2) is 0 Å². The Hall–Kier alpha value is -0.700. The van der Waals surface area contributed by atoms with Crippen LogP contribution in [-0.2, 0) is 0 Å². The fourth-order valence-corrected chi connectivity index (χ4v) is 2.76. The quantitative estimate of drug-likeness (QED) is 0.809. The summed E-state index contributed by atoms with van der Waals surface area (Å²) in [7, 11) is 0. The highest BCUT2D eigenvalue weighted by Gasteiger charge is 2.13. The van der Waals surface area contributed by atoms with E-state index in [-0.39, 0.29) is 0 Å². The molecule has 1 atom stereocenters. The average molecular weight is 208 g/mol. The van der Waals surface area contributed by atoms with Crippen LogP contribution in [0.15, 0.2) is 18.5 Å². The lowest BCUT2D eigenvalue weighted by atomic mass is 10.1. The summed E-state index contributed by atoms with van der Waals surface area (Å²) in [6.07, 6.45) is 6.40. The summed E-state index contributed by atoms with van der Waals surface area (Å²) in [5, 5.41) is 3.57. The standard InChI is InChI=1S/C11H16N2S/c1-9-4-5-12-7-11(9)13-10-3-2-6-14-8-10/h4-5,7,10,13H,2-3,6,8H2,1H3/t10-/m1/s1. The van der Waals surface area contributed by atoms with E-state index < -0.39 is 0 Å². The Bertz CT molecular complexity index is 295. The van der Waals surface area contributed by atoms with E-state index in [1.165, 1.54) is 35.6 Å². The summed E-state index contributed by atoms with van der Waals surface area (Å²) >= 11 is 2.05. The number of aromatic nitrogens is 1. The Labute approximate surface area is 89.5 Å². The molecule has 14 heavy (non-hydrogen) atoms. The van der Waals surface area contributed by atoms with E-state index in [9.17, 15) is 0 Å². The number of rotatable bonds is 2. The van der Waals surface area contributed by atoms with Gasteiger partial charge < -0.3 is 5.32 Å². The highest BCUT2D eigenvalue weighted by molar-refractivity contribution is 7.99. The third-order valence-corrected chi connectivity index (χ3v) is 3.77. The fraction of sp³-hybridized carbons (Fsp3) is 0.545. The van der Waals surface area contributed by atoms with E-state index in [1.54, 1.807) is 0 Å². The van der Waals surface area contributed by atoms with Crippen molar-refractivity contribution in [3.05, 3.63) is 24.0 Å². The van der Waals surface area contributed by atoms with E-state index in [0.29, 0.717) is 6.04 Å². The van der Waals surface area contributed by atoms with Gasteiger partial charge in [0, 0.05) is 18.0 Å². The first-order chi connectivity index (χ1) is 6.86. The van der Waals surface area contributed by atoms with E-state index in [1.807, 2.05) is 24.2 Å². The van der Waals surface area contributed by atoms with E-state index in [2.05, 4.69) is 23.3 Å². The van der Waals surface area contributed by atoms with Gasteiger partial charge in [0.1, 0.15) is 0 Å². The average Bonchev–Trinajstić information content (AvgIpc) is 2.23. The van der Waals surface area contributed by atoms with Gasteiger partial charge in [0.05, 0.1) is 11.9 Å². The van der Waals surface area contributed by atoms with Crippen molar-refractivity contribution in [1.82, 2.24) is 4.98 Å². The summed E-state index contributed by atoms with van der Waals surface area (Å²) in [5.74, 6) is 2.55. The molecular formula is C11H16N2S. The maximum absolute atomic E-state index is 4.14. The van der Waals surface area contributed by atoms with Gasteiger partial charge in [0.25, 0.3) is 0 Å². The highest BCUT2D eigenvalue weighted by atomic mass is 32.2. The van der Waals surface area contributed by atoms with Gasteiger partial charge in [0.2, 0.25) is 0 Å². The molecule has 1 aliphatic rings. The number of anilines is 1. The van der Waals surface area contributed by atoms with Gasteiger partial charge in [-0.15, -0.1) is 0 Å². The number of nitrogens with zero attached hydrogens (tertiary/aromatic N) is 1. The van der Waals surface area contributed by atoms with Crippen molar-refractivity contribution >= 4 is 17.4 Å². The normalized spacial score (nSPS) is 21.9. The van der Waals surface area contributed by atoms with Crippen LogP contribution in [0, 0.1) is 6.92 Å². The van der Waals surface area contributed by atoms with Gasteiger partial charge >= 0.3 is 0 Å². The summed E-state index contributed by atoms with van der Waals surface area (Å²) in [6, 6.07) is 2.69. The minimum absolute atomic E-state index is 0.636. The van der Waals surface area contributed by atoms with Crippen molar-refractivity contribution in [1.29, 1.82) is 0 Å². The lowest BCUT2D eigenvalue weighted by molar-refractivity contribution is 0.684. The maximum atomic E-state index is 4.14. The zero-order chi connectivity index (χ0) is 9.80. The molecule has 76 valence electrons. The Morgan fingerprint density at radius 3 is 3.21 bits per heavy atom. The van der Waals surface area contributed by atoms with Crippen LogP contribution in [-0.4, -0.2) is 22.5 Å². The Balaban J connectivity index is 1.99. The molecule has 1 aliphatic heterocycles. The van der Waals surface area contributed by atoms with Gasteiger partial charge in [-0.2, -0.15) is 11.8 Å². The summed E-state index contributed by atoms with van der Waals surface area (Å²) in [6.45, 7) is 2.12. The van der Waals surface area contributed by atoms with Gasteiger partial charge in [-0.1, -0.05) is 0 Å². The van der Waals surface area contributed by atoms with E-state index >= 15 is 0 Å². The van der Waals surface area contributed by atoms with Crippen LogP contribution in [0.25, 0.3) is 0 Å². The van der Waals surface area contributed by atoms with E-state index in [0.717, 1.165) is 0 Å². The minimum Gasteiger partial charge on any atom is -0.380 e. The molecule has 0 bridgehead atoms. The first kappa shape index (κ1) is 9.84. The van der Waals surface area contributed by atoms with Gasteiger partial charge in [-0.3, -0.25) is 4.98 Å². The topological polar surface area (TPSA) is 24.9 Å². The molecule has 2 rings (SSSR count). The third-order valence-electron chi connectivity index (χ3n) is 2.56. The molecule has 1 aromatic rings. The molecule has 3 heteroatoms. The molecular weight excluding hydrogens is 192 g/mol. The van der Waals surface area contributed by atoms with E-state index in [4.69, 9.17) is 0 Å². The molecule has 0 amide bonds. The van der Waals surface area contributed by atoms with Gasteiger partial charge in [-0.25, -0.2) is 0 Å². The molecule has 0 aliphatic carbocycles. The molecule has 1 fully saturated rings. The minimum atomic E-state index is 0.636. The molecule has 0 spiro atoms. The molecule has 2 heterocycles. The first-order valence-electron chi connectivity index (χ1n) is 5.11. The zero-order valence-electron chi connectivity index (χ0n) is 8.49. The lowest BCUT2D eigenvalue weighted by Crippen LogP contribution is -2.26. The Kier molecular flexibility index (Phi) is 3.30. The van der Waals surface area contributed by atoms with Crippen LogP contribution in [0.4, 0.5) is 5.69 Å². The second kappa shape index (κ2) is 4.69. The Morgan fingerprint density at radius 1 is 1.57 bits per heavy atom. The van der Waals surface area contributed by atoms with Crippen molar-refractivity contribution in [2.45, 2.75) is 25.8 Å². The highest BCUT2D eigenvalue weighted by Crippen LogP contribution is 2.21. The van der Waals surface area contributed by atoms with Crippen LogP contribution in [0.1, 0.15) is 18.4 Å². The number of aryl methyl sites for hydroxylation is 1. The molecule has 0 aromatic carbocycles. The predicted molar refractivity (Wildman–Crippen MR) is 62.9 cm³/mol. The van der Waals surface area contributed by atoms with Crippen molar-refractivity contribution in [2.24, 2.45) is 0 Å². The number of pyridine rings is 1. The third kappa shape index (κ3) is 2.41. The lowest BCUT2D eigenvalue weighted by Gasteiger charge is -2.24. The van der Waals surface area contributed by atoms with Gasteiger partial charge in [-0.05, 0) is 37.1 Å². The molecule has 0 radical (unpaired) electrons.